The lowest BCUT2D eigenvalue weighted by Gasteiger charge is -2.23. The predicted molar refractivity (Wildman–Crippen MR) is 86.7 cm³/mol. The molecule has 0 amide bonds. The molecule has 1 aromatic heterocycles. The molecule has 0 spiro atoms. The van der Waals surface area contributed by atoms with Gasteiger partial charge in [-0.15, -0.1) is 0 Å². The number of ether oxygens (including phenoxy) is 1. The van der Waals surface area contributed by atoms with Crippen molar-refractivity contribution in [3.63, 3.8) is 0 Å². The topological polar surface area (TPSA) is 64.4 Å². The summed E-state index contributed by atoms with van der Waals surface area (Å²) in [5.41, 5.74) is 0.991. The fraction of sp³-hybridized carbons (Fsp3) is 0.438. The maximum absolute atomic E-state index is 12.8. The van der Waals surface area contributed by atoms with Gasteiger partial charge in [-0.3, -0.25) is 0 Å². The molecule has 0 aliphatic carbocycles. The second-order valence-corrected chi connectivity index (χ2v) is 7.49. The van der Waals surface area contributed by atoms with Gasteiger partial charge in [-0.25, -0.2) is 13.4 Å². The second kappa shape index (κ2) is 6.33. The van der Waals surface area contributed by atoms with Crippen LogP contribution in [0.25, 0.3) is 0 Å². The third-order valence-electron chi connectivity index (χ3n) is 4.03. The molecule has 23 heavy (non-hydrogen) atoms. The average Bonchev–Trinajstić information content (AvgIpc) is 3.18. The largest absolute Gasteiger partial charge is 0.494 e. The Morgan fingerprint density at radius 3 is 2.65 bits per heavy atom. The summed E-state index contributed by atoms with van der Waals surface area (Å²) in [6.45, 7) is 3.08. The first kappa shape index (κ1) is 16.0. The fourth-order valence-electron chi connectivity index (χ4n) is 2.96. The van der Waals surface area contributed by atoms with Crippen molar-refractivity contribution in [3.8, 4) is 5.75 Å². The summed E-state index contributed by atoms with van der Waals surface area (Å²) in [6, 6.07) is 7.53. The number of hydrogen-bond donors (Lipinski definition) is 0. The summed E-state index contributed by atoms with van der Waals surface area (Å²) in [6.07, 6.45) is 4.72. The van der Waals surface area contributed by atoms with E-state index in [1.54, 1.807) is 22.1 Å². The maximum Gasteiger partial charge on any atom is 0.262 e. The quantitative estimate of drug-likeness (QED) is 0.841. The van der Waals surface area contributed by atoms with E-state index in [0.29, 0.717) is 13.2 Å². The van der Waals surface area contributed by atoms with Gasteiger partial charge in [0, 0.05) is 19.8 Å². The molecule has 2 heterocycles. The van der Waals surface area contributed by atoms with Crippen molar-refractivity contribution in [1.29, 1.82) is 0 Å². The normalized spacial score (nSPS) is 19.1. The molecule has 1 saturated heterocycles. The highest BCUT2D eigenvalue weighted by Crippen LogP contribution is 2.36. The van der Waals surface area contributed by atoms with Crippen molar-refractivity contribution >= 4 is 10.0 Å². The van der Waals surface area contributed by atoms with E-state index in [1.807, 2.05) is 31.2 Å². The van der Waals surface area contributed by atoms with Gasteiger partial charge in [0.15, 0.2) is 5.03 Å². The van der Waals surface area contributed by atoms with Crippen molar-refractivity contribution in [2.45, 2.75) is 30.8 Å². The van der Waals surface area contributed by atoms with Crippen LogP contribution in [-0.4, -0.2) is 35.4 Å². The number of benzene rings is 1. The van der Waals surface area contributed by atoms with Crippen LogP contribution in [0, 0.1) is 0 Å². The molecule has 0 radical (unpaired) electrons. The van der Waals surface area contributed by atoms with E-state index >= 15 is 0 Å². The highest BCUT2D eigenvalue weighted by Gasteiger charge is 2.37. The summed E-state index contributed by atoms with van der Waals surface area (Å²) in [5, 5.41) is 0.109. The predicted octanol–water partition coefficient (Wildman–Crippen LogP) is 2.34. The van der Waals surface area contributed by atoms with Gasteiger partial charge in [0.05, 0.1) is 19.0 Å². The van der Waals surface area contributed by atoms with Gasteiger partial charge >= 0.3 is 0 Å². The Morgan fingerprint density at radius 2 is 2.04 bits per heavy atom. The fourth-order valence-corrected chi connectivity index (χ4v) is 4.61. The lowest BCUT2D eigenvalue weighted by Crippen LogP contribution is -2.31. The zero-order valence-corrected chi connectivity index (χ0v) is 14.2. The van der Waals surface area contributed by atoms with E-state index < -0.39 is 10.0 Å². The summed E-state index contributed by atoms with van der Waals surface area (Å²) in [4.78, 5) is 4.01. The molecule has 1 aromatic carbocycles. The number of aromatic nitrogens is 2. The van der Waals surface area contributed by atoms with Crippen molar-refractivity contribution < 1.29 is 13.2 Å². The number of hydrogen-bond acceptors (Lipinski definition) is 4. The SMILES string of the molecule is CCOc1ccc(C2CCCN2S(=O)(=O)c2cn(C)cn2)cc1. The zero-order chi connectivity index (χ0) is 16.4. The van der Waals surface area contributed by atoms with Crippen LogP contribution in [-0.2, 0) is 17.1 Å². The molecule has 124 valence electrons. The standard InChI is InChI=1S/C16H21N3O3S/c1-3-22-14-8-6-13(7-9-14)15-5-4-10-19(15)23(20,21)16-11-18(2)12-17-16/h6-9,11-12,15H,3-5,10H2,1-2H3. The molecule has 1 aliphatic rings. The number of nitrogens with zero attached hydrogens (tertiary/aromatic N) is 3. The molecule has 3 rings (SSSR count). The zero-order valence-electron chi connectivity index (χ0n) is 13.3. The molecular weight excluding hydrogens is 314 g/mol. The van der Waals surface area contributed by atoms with E-state index in [2.05, 4.69) is 4.98 Å². The Balaban J connectivity index is 1.88. The third-order valence-corrected chi connectivity index (χ3v) is 5.83. The Bertz CT molecular complexity index is 768. The molecule has 0 saturated carbocycles. The van der Waals surface area contributed by atoms with Gasteiger partial charge in [0.1, 0.15) is 5.75 Å². The molecule has 6 nitrogen and oxygen atoms in total. The number of imidazole rings is 1. The van der Waals surface area contributed by atoms with Crippen molar-refractivity contribution in [2.24, 2.45) is 7.05 Å². The minimum Gasteiger partial charge on any atom is -0.494 e. The first-order chi connectivity index (χ1) is 11.0. The van der Waals surface area contributed by atoms with Crippen LogP contribution in [0.3, 0.4) is 0 Å². The summed E-state index contributed by atoms with van der Waals surface area (Å²) in [5.74, 6) is 0.799. The second-order valence-electron chi connectivity index (χ2n) is 5.65. The highest BCUT2D eigenvalue weighted by molar-refractivity contribution is 7.89. The highest BCUT2D eigenvalue weighted by atomic mass is 32.2. The maximum atomic E-state index is 12.8. The molecule has 0 N–H and O–H groups in total. The van der Waals surface area contributed by atoms with Gasteiger partial charge < -0.3 is 9.30 Å². The van der Waals surface area contributed by atoms with E-state index in [9.17, 15) is 8.42 Å². The van der Waals surface area contributed by atoms with E-state index in [1.165, 1.54) is 6.33 Å². The van der Waals surface area contributed by atoms with Gasteiger partial charge in [-0.1, -0.05) is 12.1 Å². The molecule has 2 aromatic rings. The molecule has 1 atom stereocenters. The van der Waals surface area contributed by atoms with Gasteiger partial charge in [-0.2, -0.15) is 4.31 Å². The lowest BCUT2D eigenvalue weighted by molar-refractivity contribution is 0.339. The molecule has 1 aliphatic heterocycles. The third kappa shape index (κ3) is 3.11. The van der Waals surface area contributed by atoms with Gasteiger partial charge in [-0.05, 0) is 37.5 Å². The molecule has 7 heteroatoms. The lowest BCUT2D eigenvalue weighted by atomic mass is 10.1. The Labute approximate surface area is 136 Å². The minimum absolute atomic E-state index is 0.109. The molecular formula is C16H21N3O3S. The van der Waals surface area contributed by atoms with E-state index in [0.717, 1.165) is 24.2 Å². The number of aryl methyl sites for hydroxylation is 1. The van der Waals surface area contributed by atoms with Crippen LogP contribution < -0.4 is 4.74 Å². The summed E-state index contributed by atoms with van der Waals surface area (Å²) in [7, 11) is -1.80. The first-order valence-corrected chi connectivity index (χ1v) is 9.19. The van der Waals surface area contributed by atoms with E-state index in [-0.39, 0.29) is 11.1 Å². The van der Waals surface area contributed by atoms with Crippen LogP contribution in [0.15, 0.2) is 41.8 Å². The number of sulfonamides is 1. The van der Waals surface area contributed by atoms with Gasteiger partial charge in [0.2, 0.25) is 0 Å². The summed E-state index contributed by atoms with van der Waals surface area (Å²) < 4.78 is 34.3. The van der Waals surface area contributed by atoms with Crippen molar-refractivity contribution in [2.75, 3.05) is 13.2 Å². The average molecular weight is 335 g/mol. The van der Waals surface area contributed by atoms with Crippen LogP contribution >= 0.6 is 0 Å². The number of rotatable bonds is 5. The Morgan fingerprint density at radius 1 is 1.30 bits per heavy atom. The molecule has 1 unspecified atom stereocenters. The van der Waals surface area contributed by atoms with Crippen LogP contribution in [0.1, 0.15) is 31.4 Å². The van der Waals surface area contributed by atoms with Gasteiger partial charge in [0.25, 0.3) is 10.0 Å². The smallest absolute Gasteiger partial charge is 0.262 e. The first-order valence-electron chi connectivity index (χ1n) is 7.75. The van der Waals surface area contributed by atoms with Crippen LogP contribution in [0.5, 0.6) is 5.75 Å². The molecule has 0 bridgehead atoms. The summed E-state index contributed by atoms with van der Waals surface area (Å²) >= 11 is 0. The van der Waals surface area contributed by atoms with E-state index in [4.69, 9.17) is 4.74 Å². The van der Waals surface area contributed by atoms with Crippen LogP contribution in [0.2, 0.25) is 0 Å². The monoisotopic (exact) mass is 335 g/mol. The van der Waals surface area contributed by atoms with Crippen LogP contribution in [0.4, 0.5) is 0 Å². The Kier molecular flexibility index (Phi) is 4.41. The Hall–Kier alpha value is -1.86. The van der Waals surface area contributed by atoms with Crippen molar-refractivity contribution in [3.05, 3.63) is 42.4 Å². The van der Waals surface area contributed by atoms with Crippen molar-refractivity contribution in [1.82, 2.24) is 13.9 Å². The minimum atomic E-state index is -3.57. The molecule has 1 fully saturated rings.